The lowest BCUT2D eigenvalue weighted by atomic mass is 10.0. The van der Waals surface area contributed by atoms with Crippen molar-refractivity contribution in [1.29, 1.82) is 5.26 Å². The van der Waals surface area contributed by atoms with Gasteiger partial charge < -0.3 is 4.74 Å². The fourth-order valence-corrected chi connectivity index (χ4v) is 3.00. The quantitative estimate of drug-likeness (QED) is 0.670. The molecule has 0 amide bonds. The van der Waals surface area contributed by atoms with Crippen LogP contribution in [0.4, 0.5) is 0 Å². The Balaban J connectivity index is 1.87. The van der Waals surface area contributed by atoms with Gasteiger partial charge in [-0.05, 0) is 36.8 Å². The minimum absolute atomic E-state index is 0.0295. The van der Waals surface area contributed by atoms with Crippen LogP contribution in [-0.4, -0.2) is 12.1 Å². The zero-order valence-electron chi connectivity index (χ0n) is 14.0. The summed E-state index contributed by atoms with van der Waals surface area (Å²) in [6.45, 7) is 2.01. The van der Waals surface area contributed by atoms with Crippen molar-refractivity contribution in [3.63, 3.8) is 0 Å². The molecule has 2 atom stereocenters. The van der Waals surface area contributed by atoms with Crippen molar-refractivity contribution in [2.45, 2.75) is 19.0 Å². The van der Waals surface area contributed by atoms with Gasteiger partial charge in [0.1, 0.15) is 16.9 Å². The minimum Gasteiger partial charge on any atom is -0.497 e. The molecule has 3 aromatic rings. The molecule has 0 saturated heterocycles. The van der Waals surface area contributed by atoms with Crippen molar-refractivity contribution >= 4 is 22.5 Å². The Morgan fingerprint density at radius 3 is 2.56 bits per heavy atom. The summed E-state index contributed by atoms with van der Waals surface area (Å²) in [5.41, 5.74) is 2.56. The summed E-state index contributed by atoms with van der Waals surface area (Å²) in [5, 5.41) is 14.3. The van der Waals surface area contributed by atoms with E-state index < -0.39 is 6.04 Å². The third-order valence-corrected chi connectivity index (χ3v) is 4.48. The van der Waals surface area contributed by atoms with E-state index in [1.165, 1.54) is 0 Å². The van der Waals surface area contributed by atoms with Gasteiger partial charge in [-0.25, -0.2) is 4.98 Å². The van der Waals surface area contributed by atoms with Crippen molar-refractivity contribution in [2.75, 3.05) is 7.11 Å². The molecule has 0 aliphatic carbocycles. The van der Waals surface area contributed by atoms with Crippen LogP contribution in [0.25, 0.3) is 10.9 Å². The van der Waals surface area contributed by atoms with Crippen LogP contribution >= 0.6 is 11.6 Å². The van der Waals surface area contributed by atoms with E-state index in [9.17, 15) is 5.26 Å². The van der Waals surface area contributed by atoms with Crippen LogP contribution in [0.1, 0.15) is 30.1 Å². The highest BCUT2D eigenvalue weighted by Gasteiger charge is 2.19. The molecule has 126 valence electrons. The number of nitrogens with one attached hydrogen (secondary N) is 1. The van der Waals surface area contributed by atoms with Gasteiger partial charge in [0, 0.05) is 17.0 Å². The van der Waals surface area contributed by atoms with Gasteiger partial charge in [-0.1, -0.05) is 41.9 Å². The fraction of sp³-hybridized carbons (Fsp3) is 0.200. The Morgan fingerprint density at radius 2 is 1.88 bits per heavy atom. The van der Waals surface area contributed by atoms with E-state index in [0.29, 0.717) is 10.7 Å². The number of aromatic nitrogens is 1. The molecule has 1 aromatic heterocycles. The van der Waals surface area contributed by atoms with Crippen LogP contribution in [0.15, 0.2) is 54.6 Å². The van der Waals surface area contributed by atoms with Gasteiger partial charge in [-0.2, -0.15) is 5.26 Å². The number of pyridine rings is 1. The highest BCUT2D eigenvalue weighted by Crippen LogP contribution is 2.28. The average Bonchev–Trinajstić information content (AvgIpc) is 2.65. The number of methoxy groups -OCH3 is 1. The van der Waals surface area contributed by atoms with Gasteiger partial charge in [0.05, 0.1) is 18.7 Å². The second-order valence-electron chi connectivity index (χ2n) is 5.78. The number of hydrogen-bond acceptors (Lipinski definition) is 4. The van der Waals surface area contributed by atoms with Crippen LogP contribution in [0.3, 0.4) is 0 Å². The number of nitriles is 1. The van der Waals surface area contributed by atoms with Crippen molar-refractivity contribution in [3.05, 3.63) is 70.9 Å². The van der Waals surface area contributed by atoms with E-state index in [2.05, 4.69) is 16.4 Å². The standard InChI is InChI=1S/C20H18ClN3O/c1-13(14-7-9-16(25-2)10-8-14)23-19(12-22)17-11-15-5-3-4-6-18(15)24-20(17)21/h3-11,13,19,23H,1-2H3/t13-,19+/m1/s1. The number of fused-ring (bicyclic) bond motifs is 1. The molecule has 0 unspecified atom stereocenters. The summed E-state index contributed by atoms with van der Waals surface area (Å²) in [7, 11) is 1.64. The Kier molecular flexibility index (Phi) is 5.18. The number of benzene rings is 2. The summed E-state index contributed by atoms with van der Waals surface area (Å²) in [6.07, 6.45) is 0. The molecule has 4 nitrogen and oxygen atoms in total. The number of ether oxygens (including phenoxy) is 1. The van der Waals surface area contributed by atoms with Crippen molar-refractivity contribution in [2.24, 2.45) is 0 Å². The van der Waals surface area contributed by atoms with E-state index in [-0.39, 0.29) is 6.04 Å². The largest absolute Gasteiger partial charge is 0.497 e. The average molecular weight is 352 g/mol. The first-order valence-electron chi connectivity index (χ1n) is 7.97. The number of halogens is 1. The van der Waals surface area contributed by atoms with Crippen LogP contribution in [0.5, 0.6) is 5.75 Å². The van der Waals surface area contributed by atoms with Gasteiger partial charge in [-0.3, -0.25) is 5.32 Å². The normalized spacial score (nSPS) is 13.2. The third-order valence-electron chi connectivity index (χ3n) is 4.18. The molecule has 0 aliphatic rings. The topological polar surface area (TPSA) is 57.9 Å². The summed E-state index contributed by atoms with van der Waals surface area (Å²) in [5.74, 6) is 0.801. The predicted molar refractivity (Wildman–Crippen MR) is 99.7 cm³/mol. The molecule has 1 N–H and O–H groups in total. The van der Waals surface area contributed by atoms with Crippen LogP contribution in [-0.2, 0) is 0 Å². The smallest absolute Gasteiger partial charge is 0.135 e. The molecule has 0 saturated carbocycles. The summed E-state index contributed by atoms with van der Waals surface area (Å²) < 4.78 is 5.18. The van der Waals surface area contributed by atoms with Crippen LogP contribution < -0.4 is 10.1 Å². The number of nitrogens with zero attached hydrogens (tertiary/aromatic N) is 2. The van der Waals surface area contributed by atoms with E-state index in [1.807, 2.05) is 61.5 Å². The Bertz CT molecular complexity index is 918. The summed E-state index contributed by atoms with van der Waals surface area (Å²) in [4.78, 5) is 4.40. The molecule has 0 radical (unpaired) electrons. The molecule has 3 rings (SSSR count). The van der Waals surface area contributed by atoms with Gasteiger partial charge in [0.2, 0.25) is 0 Å². The molecule has 0 fully saturated rings. The van der Waals surface area contributed by atoms with E-state index in [0.717, 1.165) is 22.2 Å². The first-order chi connectivity index (χ1) is 12.1. The Morgan fingerprint density at radius 1 is 1.16 bits per heavy atom. The molecule has 5 heteroatoms. The lowest BCUT2D eigenvalue weighted by Gasteiger charge is -2.20. The van der Waals surface area contributed by atoms with Gasteiger partial charge in [0.15, 0.2) is 0 Å². The predicted octanol–water partition coefficient (Wildman–Crippen LogP) is 4.81. The van der Waals surface area contributed by atoms with E-state index >= 15 is 0 Å². The lowest BCUT2D eigenvalue weighted by Crippen LogP contribution is -2.24. The Hall–Kier alpha value is -2.61. The van der Waals surface area contributed by atoms with Gasteiger partial charge in [-0.15, -0.1) is 0 Å². The van der Waals surface area contributed by atoms with E-state index in [1.54, 1.807) is 7.11 Å². The van der Waals surface area contributed by atoms with Gasteiger partial charge in [0.25, 0.3) is 0 Å². The molecule has 0 aliphatic heterocycles. The molecule has 25 heavy (non-hydrogen) atoms. The molecular formula is C20H18ClN3O. The maximum absolute atomic E-state index is 9.64. The van der Waals surface area contributed by atoms with Gasteiger partial charge >= 0.3 is 0 Å². The van der Waals surface area contributed by atoms with Crippen molar-refractivity contribution in [1.82, 2.24) is 10.3 Å². The molecule has 1 heterocycles. The SMILES string of the molecule is COc1ccc([C@@H](C)N[C@@H](C#N)c2cc3ccccc3nc2Cl)cc1. The second kappa shape index (κ2) is 7.52. The van der Waals surface area contributed by atoms with Crippen molar-refractivity contribution < 1.29 is 4.74 Å². The Labute approximate surface area is 152 Å². The third kappa shape index (κ3) is 3.74. The maximum Gasteiger partial charge on any atom is 0.135 e. The minimum atomic E-state index is -0.554. The fourth-order valence-electron chi connectivity index (χ4n) is 2.75. The molecule has 0 bridgehead atoms. The highest BCUT2D eigenvalue weighted by atomic mass is 35.5. The summed E-state index contributed by atoms with van der Waals surface area (Å²) >= 11 is 6.33. The molecule has 2 aromatic carbocycles. The van der Waals surface area contributed by atoms with Crippen LogP contribution in [0, 0.1) is 11.3 Å². The highest BCUT2D eigenvalue weighted by molar-refractivity contribution is 6.30. The second-order valence-corrected chi connectivity index (χ2v) is 6.14. The number of para-hydroxylation sites is 1. The number of rotatable bonds is 5. The molecule has 0 spiro atoms. The summed E-state index contributed by atoms with van der Waals surface area (Å²) in [6, 6.07) is 19.1. The van der Waals surface area contributed by atoms with Crippen molar-refractivity contribution in [3.8, 4) is 11.8 Å². The first-order valence-corrected chi connectivity index (χ1v) is 8.35. The van der Waals surface area contributed by atoms with E-state index in [4.69, 9.17) is 16.3 Å². The first kappa shape index (κ1) is 17.2. The lowest BCUT2D eigenvalue weighted by molar-refractivity contribution is 0.414. The zero-order valence-corrected chi connectivity index (χ0v) is 14.8. The maximum atomic E-state index is 9.64. The molecular weight excluding hydrogens is 334 g/mol. The number of hydrogen-bond donors (Lipinski definition) is 1. The van der Waals surface area contributed by atoms with Crippen LogP contribution in [0.2, 0.25) is 5.15 Å². The monoisotopic (exact) mass is 351 g/mol. The zero-order chi connectivity index (χ0) is 17.8.